The standard InChI is InChI=1S/C20H27NO3/c1-14(18(20(23)24)11-15-7-3-2-4-8-15)19(22)21-12-16-9-5-6-10-17(16)13-21/h2-4,7-8,14,16-18H,5-6,9-13H2,1H3,(H,23,24). The number of carboxylic acids is 1. The van der Waals surface area contributed by atoms with Crippen molar-refractivity contribution in [2.45, 2.75) is 39.0 Å². The molecular weight excluding hydrogens is 302 g/mol. The molecule has 4 atom stereocenters. The largest absolute Gasteiger partial charge is 0.481 e. The first-order valence-electron chi connectivity index (χ1n) is 9.11. The number of fused-ring (bicyclic) bond motifs is 1. The van der Waals surface area contributed by atoms with Gasteiger partial charge in [0, 0.05) is 19.0 Å². The van der Waals surface area contributed by atoms with E-state index in [-0.39, 0.29) is 5.91 Å². The molecule has 1 aromatic carbocycles. The second kappa shape index (κ2) is 7.37. The molecule has 4 unspecified atom stereocenters. The van der Waals surface area contributed by atoms with E-state index in [4.69, 9.17) is 0 Å². The van der Waals surface area contributed by atoms with E-state index in [9.17, 15) is 14.7 Å². The highest BCUT2D eigenvalue weighted by Crippen LogP contribution is 2.37. The molecule has 0 radical (unpaired) electrons. The normalized spacial score (nSPS) is 25.8. The highest BCUT2D eigenvalue weighted by Gasteiger charge is 2.40. The molecule has 4 nitrogen and oxygen atoms in total. The minimum absolute atomic E-state index is 0.0210. The van der Waals surface area contributed by atoms with E-state index in [0.29, 0.717) is 18.3 Å². The van der Waals surface area contributed by atoms with Crippen LogP contribution in [0, 0.1) is 23.7 Å². The Labute approximate surface area is 143 Å². The molecule has 1 amide bonds. The first-order chi connectivity index (χ1) is 11.6. The minimum atomic E-state index is -0.878. The van der Waals surface area contributed by atoms with Crippen molar-refractivity contribution in [3.63, 3.8) is 0 Å². The summed E-state index contributed by atoms with van der Waals surface area (Å²) in [4.78, 5) is 26.6. The van der Waals surface area contributed by atoms with Crippen molar-refractivity contribution in [1.82, 2.24) is 4.90 Å². The first-order valence-corrected chi connectivity index (χ1v) is 9.11. The number of carbonyl (C=O) groups is 2. The zero-order chi connectivity index (χ0) is 17.1. The molecule has 1 saturated carbocycles. The first kappa shape index (κ1) is 17.0. The molecular formula is C20H27NO3. The highest BCUT2D eigenvalue weighted by atomic mass is 16.4. The third kappa shape index (κ3) is 3.63. The van der Waals surface area contributed by atoms with E-state index in [1.165, 1.54) is 25.7 Å². The minimum Gasteiger partial charge on any atom is -0.481 e. The van der Waals surface area contributed by atoms with Gasteiger partial charge in [0.15, 0.2) is 0 Å². The van der Waals surface area contributed by atoms with Gasteiger partial charge < -0.3 is 10.0 Å². The van der Waals surface area contributed by atoms with E-state index < -0.39 is 17.8 Å². The Bertz CT molecular complexity index is 572. The van der Waals surface area contributed by atoms with Crippen molar-refractivity contribution in [1.29, 1.82) is 0 Å². The van der Waals surface area contributed by atoms with Crippen LogP contribution in [0.3, 0.4) is 0 Å². The monoisotopic (exact) mass is 329 g/mol. The average molecular weight is 329 g/mol. The van der Waals surface area contributed by atoms with Crippen LogP contribution in [0.2, 0.25) is 0 Å². The fraction of sp³-hybridized carbons (Fsp3) is 0.600. The average Bonchev–Trinajstić information content (AvgIpc) is 3.03. The number of carboxylic acid groups (broad SMARTS) is 1. The molecule has 1 aliphatic heterocycles. The Morgan fingerprint density at radius 3 is 2.25 bits per heavy atom. The number of aliphatic carboxylic acids is 1. The zero-order valence-corrected chi connectivity index (χ0v) is 14.4. The lowest BCUT2D eigenvalue weighted by Crippen LogP contribution is -2.39. The predicted molar refractivity (Wildman–Crippen MR) is 92.5 cm³/mol. The second-order valence-electron chi connectivity index (χ2n) is 7.47. The molecule has 4 heteroatoms. The van der Waals surface area contributed by atoms with Crippen LogP contribution in [0.4, 0.5) is 0 Å². The summed E-state index contributed by atoms with van der Waals surface area (Å²) < 4.78 is 0. The van der Waals surface area contributed by atoms with E-state index in [2.05, 4.69) is 0 Å². The van der Waals surface area contributed by atoms with Gasteiger partial charge in [-0.1, -0.05) is 50.1 Å². The molecule has 0 spiro atoms. The lowest BCUT2D eigenvalue weighted by atomic mass is 9.82. The molecule has 24 heavy (non-hydrogen) atoms. The number of likely N-dealkylation sites (tertiary alicyclic amines) is 1. The van der Waals surface area contributed by atoms with E-state index in [1.807, 2.05) is 35.2 Å². The highest BCUT2D eigenvalue weighted by molar-refractivity contribution is 5.84. The van der Waals surface area contributed by atoms with Crippen LogP contribution >= 0.6 is 0 Å². The number of amides is 1. The Morgan fingerprint density at radius 2 is 1.71 bits per heavy atom. The Kier molecular flexibility index (Phi) is 5.22. The number of hydrogen-bond acceptors (Lipinski definition) is 2. The quantitative estimate of drug-likeness (QED) is 0.902. The van der Waals surface area contributed by atoms with Gasteiger partial charge in [-0.15, -0.1) is 0 Å². The summed E-state index contributed by atoms with van der Waals surface area (Å²) in [7, 11) is 0. The molecule has 1 N–H and O–H groups in total. The molecule has 0 bridgehead atoms. The summed E-state index contributed by atoms with van der Waals surface area (Å²) >= 11 is 0. The topological polar surface area (TPSA) is 57.6 Å². The predicted octanol–water partition coefficient (Wildman–Crippen LogP) is 3.21. The van der Waals surface area contributed by atoms with Crippen LogP contribution in [0.25, 0.3) is 0 Å². The van der Waals surface area contributed by atoms with Gasteiger partial charge in [0.2, 0.25) is 5.91 Å². The molecule has 2 aliphatic rings. The van der Waals surface area contributed by atoms with Crippen molar-refractivity contribution in [2.75, 3.05) is 13.1 Å². The number of rotatable bonds is 5. The summed E-state index contributed by atoms with van der Waals surface area (Å²) in [5.41, 5.74) is 0.972. The Balaban J connectivity index is 1.67. The lowest BCUT2D eigenvalue weighted by molar-refractivity contribution is -0.149. The van der Waals surface area contributed by atoms with Crippen LogP contribution in [0.15, 0.2) is 30.3 Å². The lowest BCUT2D eigenvalue weighted by Gasteiger charge is -2.25. The Morgan fingerprint density at radius 1 is 1.12 bits per heavy atom. The van der Waals surface area contributed by atoms with Gasteiger partial charge in [0.25, 0.3) is 0 Å². The zero-order valence-electron chi connectivity index (χ0n) is 14.4. The summed E-state index contributed by atoms with van der Waals surface area (Å²) in [6, 6.07) is 9.59. The van der Waals surface area contributed by atoms with Crippen molar-refractivity contribution in [2.24, 2.45) is 23.7 Å². The van der Waals surface area contributed by atoms with Gasteiger partial charge in [-0.3, -0.25) is 9.59 Å². The molecule has 130 valence electrons. The third-order valence-electron chi connectivity index (χ3n) is 5.90. The molecule has 1 saturated heterocycles. The fourth-order valence-corrected chi connectivity index (χ4v) is 4.39. The van der Waals surface area contributed by atoms with Crippen molar-refractivity contribution in [3.8, 4) is 0 Å². The van der Waals surface area contributed by atoms with Crippen molar-refractivity contribution < 1.29 is 14.7 Å². The molecule has 1 aromatic rings. The van der Waals surface area contributed by atoms with Crippen molar-refractivity contribution in [3.05, 3.63) is 35.9 Å². The Hall–Kier alpha value is -1.84. The number of benzene rings is 1. The summed E-state index contributed by atoms with van der Waals surface area (Å²) in [6.07, 6.45) is 5.38. The maximum absolute atomic E-state index is 12.9. The van der Waals surface area contributed by atoms with E-state index in [1.54, 1.807) is 6.92 Å². The van der Waals surface area contributed by atoms with E-state index in [0.717, 1.165) is 18.7 Å². The smallest absolute Gasteiger partial charge is 0.307 e. The second-order valence-corrected chi connectivity index (χ2v) is 7.47. The molecule has 3 rings (SSSR count). The molecule has 1 heterocycles. The summed E-state index contributed by atoms with van der Waals surface area (Å²) in [5.74, 6) is -0.742. The van der Waals surface area contributed by atoms with Crippen LogP contribution < -0.4 is 0 Å². The van der Waals surface area contributed by atoms with E-state index >= 15 is 0 Å². The number of hydrogen-bond donors (Lipinski definition) is 1. The van der Waals surface area contributed by atoms with Gasteiger partial charge in [-0.25, -0.2) is 0 Å². The fourth-order valence-electron chi connectivity index (χ4n) is 4.39. The van der Waals surface area contributed by atoms with Crippen molar-refractivity contribution >= 4 is 11.9 Å². The van der Waals surface area contributed by atoms with Gasteiger partial charge in [0.1, 0.15) is 0 Å². The molecule has 0 aromatic heterocycles. The summed E-state index contributed by atoms with van der Waals surface area (Å²) in [5, 5.41) is 9.63. The maximum Gasteiger partial charge on any atom is 0.307 e. The van der Waals surface area contributed by atoms with Crippen LogP contribution in [0.1, 0.15) is 38.2 Å². The molecule has 2 fully saturated rings. The van der Waals surface area contributed by atoms with Gasteiger partial charge in [-0.2, -0.15) is 0 Å². The van der Waals surface area contributed by atoms with Gasteiger partial charge in [-0.05, 0) is 36.7 Å². The van der Waals surface area contributed by atoms with Crippen LogP contribution in [0.5, 0.6) is 0 Å². The number of carbonyl (C=O) groups excluding carboxylic acids is 1. The van der Waals surface area contributed by atoms with Gasteiger partial charge >= 0.3 is 5.97 Å². The third-order valence-corrected chi connectivity index (χ3v) is 5.90. The van der Waals surface area contributed by atoms with Crippen LogP contribution in [-0.2, 0) is 16.0 Å². The SMILES string of the molecule is CC(C(=O)N1CC2CCCCC2C1)C(Cc1ccccc1)C(=O)O. The number of nitrogens with zero attached hydrogens (tertiary/aromatic N) is 1. The summed E-state index contributed by atoms with van der Waals surface area (Å²) in [6.45, 7) is 3.43. The molecule has 1 aliphatic carbocycles. The maximum atomic E-state index is 12.9. The van der Waals surface area contributed by atoms with Gasteiger partial charge in [0.05, 0.1) is 5.92 Å². The van der Waals surface area contributed by atoms with Crippen LogP contribution in [-0.4, -0.2) is 35.0 Å².